The van der Waals surface area contributed by atoms with Gasteiger partial charge in [0.25, 0.3) is 0 Å². The Morgan fingerprint density at radius 2 is 2.26 bits per heavy atom. The summed E-state index contributed by atoms with van der Waals surface area (Å²) in [5.41, 5.74) is 2.30. The molecule has 0 radical (unpaired) electrons. The van der Waals surface area contributed by atoms with E-state index in [-0.39, 0.29) is 36.9 Å². The summed E-state index contributed by atoms with van der Waals surface area (Å²) < 4.78 is 40.4. The van der Waals surface area contributed by atoms with Gasteiger partial charge in [-0.15, -0.1) is 0 Å². The number of aromatic nitrogens is 1. The first-order valence-electron chi connectivity index (χ1n) is 7.01. The first-order valence-corrected chi connectivity index (χ1v) is 7.01. The normalized spacial score (nSPS) is 20.3. The van der Waals surface area contributed by atoms with Gasteiger partial charge in [0.1, 0.15) is 11.9 Å². The zero-order valence-electron chi connectivity index (χ0n) is 12.2. The van der Waals surface area contributed by atoms with Gasteiger partial charge in [-0.3, -0.25) is 4.90 Å². The van der Waals surface area contributed by atoms with Crippen LogP contribution < -0.4 is 16.6 Å². The lowest BCUT2D eigenvalue weighted by Gasteiger charge is -2.30. The summed E-state index contributed by atoms with van der Waals surface area (Å²) in [6, 6.07) is 0.952. The molecular formula is C13H18F3N5O2. The fourth-order valence-electron chi connectivity index (χ4n) is 2.75. The minimum absolute atomic E-state index is 0.0309. The molecule has 23 heavy (non-hydrogen) atoms. The number of hydrogen-bond donors (Lipinski definition) is 4. The van der Waals surface area contributed by atoms with Crippen molar-refractivity contribution in [1.82, 2.24) is 15.2 Å². The second-order valence-corrected chi connectivity index (χ2v) is 5.40. The average molecular weight is 333 g/mol. The Hall–Kier alpha value is -2.07. The number of nitrogen functional groups attached to an aromatic ring is 1. The molecule has 2 atom stereocenters. The van der Waals surface area contributed by atoms with Gasteiger partial charge in [0.05, 0.1) is 0 Å². The fourth-order valence-corrected chi connectivity index (χ4v) is 2.75. The Bertz CT molecular complexity index is 537. The number of carbonyl (C=O) groups is 1. The molecule has 1 aromatic rings. The van der Waals surface area contributed by atoms with E-state index in [0.29, 0.717) is 6.42 Å². The summed E-state index contributed by atoms with van der Waals surface area (Å²) >= 11 is 0. The van der Waals surface area contributed by atoms with Crippen LogP contribution in [0.4, 0.5) is 23.8 Å². The zero-order valence-corrected chi connectivity index (χ0v) is 12.2. The molecule has 2 rings (SSSR count). The molecule has 10 heteroatoms. The number of anilines is 1. The quantitative estimate of drug-likeness (QED) is 0.482. The molecule has 0 saturated carbocycles. The van der Waals surface area contributed by atoms with Gasteiger partial charge in [-0.25, -0.2) is 15.6 Å². The van der Waals surface area contributed by atoms with Gasteiger partial charge in [0.15, 0.2) is 0 Å². The van der Waals surface area contributed by atoms with Gasteiger partial charge in [-0.2, -0.15) is 13.2 Å². The van der Waals surface area contributed by atoms with E-state index in [1.807, 2.05) is 0 Å². The van der Waals surface area contributed by atoms with Crippen LogP contribution in [0.3, 0.4) is 0 Å². The third-order valence-electron chi connectivity index (χ3n) is 3.78. The molecule has 1 fully saturated rings. The predicted octanol–water partition coefficient (Wildman–Crippen LogP) is 1.56. The molecule has 128 valence electrons. The molecular weight excluding hydrogens is 315 g/mol. The van der Waals surface area contributed by atoms with E-state index < -0.39 is 18.3 Å². The summed E-state index contributed by atoms with van der Waals surface area (Å²) in [4.78, 5) is 15.6. The van der Waals surface area contributed by atoms with Crippen molar-refractivity contribution < 1.29 is 23.1 Å². The zero-order chi connectivity index (χ0) is 17.0. The molecule has 1 saturated heterocycles. The number of pyridine rings is 1. The van der Waals surface area contributed by atoms with Crippen LogP contribution in [0.15, 0.2) is 18.3 Å². The molecule has 1 aliphatic rings. The molecule has 1 aromatic heterocycles. The van der Waals surface area contributed by atoms with E-state index in [0.717, 1.165) is 6.20 Å². The van der Waals surface area contributed by atoms with Crippen LogP contribution in [0.2, 0.25) is 0 Å². The number of halogens is 3. The molecule has 1 aliphatic heterocycles. The summed E-state index contributed by atoms with van der Waals surface area (Å²) in [5, 5.41) is 10.8. The van der Waals surface area contributed by atoms with Crippen molar-refractivity contribution in [2.24, 2.45) is 11.8 Å². The second-order valence-electron chi connectivity index (χ2n) is 5.40. The molecule has 0 unspecified atom stereocenters. The third-order valence-corrected chi connectivity index (χ3v) is 3.78. The first kappa shape index (κ1) is 17.3. The number of carboxylic acid groups (broad SMARTS) is 1. The lowest BCUT2D eigenvalue weighted by Crippen LogP contribution is -2.38. The standard InChI is InChI=1S/C13H18F3N5O2/c14-13(15,16)11(9-1-2-10(20-17)18-6-9)21-4-3-8(7-21)5-19-12(22)23/h1-2,6,8,11,19H,3-5,7,17H2,(H,18,20)(H,22,23)/t8-,11+/m0/s1. The monoisotopic (exact) mass is 333 g/mol. The van der Waals surface area contributed by atoms with Crippen LogP contribution in [0, 0.1) is 5.92 Å². The van der Waals surface area contributed by atoms with Crippen molar-refractivity contribution in [3.8, 4) is 0 Å². The van der Waals surface area contributed by atoms with E-state index in [1.165, 1.54) is 17.0 Å². The van der Waals surface area contributed by atoms with Gasteiger partial charge in [0, 0.05) is 19.3 Å². The molecule has 1 amide bonds. The minimum atomic E-state index is -4.45. The van der Waals surface area contributed by atoms with Gasteiger partial charge in [-0.1, -0.05) is 6.07 Å². The number of nitrogens with one attached hydrogen (secondary N) is 2. The number of hydrogen-bond acceptors (Lipinski definition) is 5. The highest BCUT2D eigenvalue weighted by Crippen LogP contribution is 2.40. The van der Waals surface area contributed by atoms with Crippen LogP contribution in [0.1, 0.15) is 18.0 Å². The van der Waals surface area contributed by atoms with Crippen molar-refractivity contribution in [3.05, 3.63) is 23.9 Å². The van der Waals surface area contributed by atoms with Crippen molar-refractivity contribution in [2.45, 2.75) is 18.6 Å². The minimum Gasteiger partial charge on any atom is -0.465 e. The second kappa shape index (κ2) is 7.01. The van der Waals surface area contributed by atoms with Crippen molar-refractivity contribution in [3.63, 3.8) is 0 Å². The van der Waals surface area contributed by atoms with E-state index in [9.17, 15) is 18.0 Å². The van der Waals surface area contributed by atoms with Crippen molar-refractivity contribution >= 4 is 11.9 Å². The van der Waals surface area contributed by atoms with Crippen molar-refractivity contribution in [2.75, 3.05) is 25.1 Å². The summed E-state index contributed by atoms with van der Waals surface area (Å²) in [5.74, 6) is 5.29. The Morgan fingerprint density at radius 3 is 2.78 bits per heavy atom. The summed E-state index contributed by atoms with van der Waals surface area (Å²) in [6.07, 6.45) is -3.97. The highest BCUT2D eigenvalue weighted by atomic mass is 19.4. The first-order chi connectivity index (χ1) is 10.8. The number of nitrogens with zero attached hydrogens (tertiary/aromatic N) is 2. The number of nitrogens with two attached hydrogens (primary N) is 1. The van der Waals surface area contributed by atoms with E-state index in [4.69, 9.17) is 10.9 Å². The van der Waals surface area contributed by atoms with Gasteiger partial charge in [-0.05, 0) is 30.5 Å². The molecule has 2 heterocycles. The molecule has 5 N–H and O–H groups in total. The van der Waals surface area contributed by atoms with Gasteiger partial charge < -0.3 is 15.8 Å². The van der Waals surface area contributed by atoms with E-state index >= 15 is 0 Å². The van der Waals surface area contributed by atoms with Gasteiger partial charge in [0.2, 0.25) is 0 Å². The number of amides is 1. The van der Waals surface area contributed by atoms with Crippen LogP contribution in [0.5, 0.6) is 0 Å². The lowest BCUT2D eigenvalue weighted by atomic mass is 10.1. The maximum Gasteiger partial charge on any atom is 0.408 e. The lowest BCUT2D eigenvalue weighted by molar-refractivity contribution is -0.184. The topological polar surface area (TPSA) is 104 Å². The van der Waals surface area contributed by atoms with Gasteiger partial charge >= 0.3 is 12.3 Å². The molecule has 0 spiro atoms. The molecule has 0 aromatic carbocycles. The molecule has 7 nitrogen and oxygen atoms in total. The van der Waals surface area contributed by atoms with E-state index in [2.05, 4.69) is 15.7 Å². The maximum atomic E-state index is 13.5. The van der Waals surface area contributed by atoms with E-state index in [1.54, 1.807) is 0 Å². The van der Waals surface area contributed by atoms with Crippen LogP contribution >= 0.6 is 0 Å². The number of alkyl halides is 3. The maximum absolute atomic E-state index is 13.5. The predicted molar refractivity (Wildman–Crippen MR) is 76.6 cm³/mol. The number of hydrazine groups is 1. The Labute approximate surface area is 130 Å². The fraction of sp³-hybridized carbons (Fsp3) is 0.538. The van der Waals surface area contributed by atoms with Crippen molar-refractivity contribution in [1.29, 1.82) is 0 Å². The molecule has 0 bridgehead atoms. The van der Waals surface area contributed by atoms with Crippen LogP contribution in [0.25, 0.3) is 0 Å². The largest absolute Gasteiger partial charge is 0.465 e. The third kappa shape index (κ3) is 4.45. The Kier molecular flexibility index (Phi) is 5.26. The molecule has 0 aliphatic carbocycles. The smallest absolute Gasteiger partial charge is 0.408 e. The number of likely N-dealkylation sites (tertiary alicyclic amines) is 1. The van der Waals surface area contributed by atoms with Crippen LogP contribution in [-0.2, 0) is 0 Å². The SMILES string of the molecule is NNc1ccc([C@@H](N2CC[C@@H](CNC(=O)O)C2)C(F)(F)F)cn1. The Balaban J connectivity index is 2.12. The van der Waals surface area contributed by atoms with Crippen LogP contribution in [-0.4, -0.2) is 46.9 Å². The Morgan fingerprint density at radius 1 is 1.52 bits per heavy atom. The average Bonchev–Trinajstić information content (AvgIpc) is 2.93. The number of rotatable bonds is 5. The summed E-state index contributed by atoms with van der Waals surface area (Å²) in [7, 11) is 0. The highest BCUT2D eigenvalue weighted by molar-refractivity contribution is 5.64. The highest BCUT2D eigenvalue weighted by Gasteiger charge is 2.46. The summed E-state index contributed by atoms with van der Waals surface area (Å²) in [6.45, 7) is 0.555.